The van der Waals surface area contributed by atoms with Gasteiger partial charge in [-0.05, 0) is 30.5 Å². The van der Waals surface area contributed by atoms with Gasteiger partial charge in [-0.25, -0.2) is 19.0 Å². The average molecular weight is 448 g/mol. The molecule has 3 aromatic rings. The Hall–Kier alpha value is -2.88. The summed E-state index contributed by atoms with van der Waals surface area (Å²) in [5.74, 6) is -0.525. The number of carbonyl (C=O) groups is 1. The van der Waals surface area contributed by atoms with Crippen LogP contribution in [0.3, 0.4) is 0 Å². The van der Waals surface area contributed by atoms with Crippen LogP contribution in [-0.4, -0.2) is 31.8 Å². The van der Waals surface area contributed by atoms with E-state index in [1.165, 1.54) is 0 Å². The number of fused-ring (bicyclic) bond motifs is 1. The standard InChI is InChI=1S/C18H15BrFN5O3/c1-9-4-14(9)28-16-13-5-10(19)2-3-12(13)17(27)25(24-16)8-15(26)23-18-21-6-11(20)7-22-18/h2-3,5-7,9,14H,4,8H2,1H3,(H,21,22,23,26)/t9-,14+/m0/s1. The van der Waals surface area contributed by atoms with Gasteiger partial charge < -0.3 is 4.74 Å². The van der Waals surface area contributed by atoms with Gasteiger partial charge in [0.1, 0.15) is 12.6 Å². The van der Waals surface area contributed by atoms with Gasteiger partial charge in [-0.3, -0.25) is 14.9 Å². The van der Waals surface area contributed by atoms with Crippen LogP contribution < -0.4 is 15.6 Å². The summed E-state index contributed by atoms with van der Waals surface area (Å²) < 4.78 is 20.6. The van der Waals surface area contributed by atoms with Crippen molar-refractivity contribution in [2.75, 3.05) is 5.32 Å². The lowest BCUT2D eigenvalue weighted by molar-refractivity contribution is -0.117. The maximum Gasteiger partial charge on any atom is 0.275 e. The monoisotopic (exact) mass is 447 g/mol. The average Bonchev–Trinajstić information content (AvgIpc) is 3.35. The van der Waals surface area contributed by atoms with Crippen molar-refractivity contribution in [3.63, 3.8) is 0 Å². The molecular weight excluding hydrogens is 433 g/mol. The Morgan fingerprint density at radius 2 is 2.07 bits per heavy atom. The molecule has 0 spiro atoms. The SMILES string of the molecule is C[C@H]1C[C@H]1Oc1nn(CC(=O)Nc2ncc(F)cn2)c(=O)c2ccc(Br)cc12. The highest BCUT2D eigenvalue weighted by Crippen LogP contribution is 2.35. The molecular formula is C18H15BrFN5O3. The molecule has 1 N–H and O–H groups in total. The lowest BCUT2D eigenvalue weighted by Gasteiger charge is -2.12. The fourth-order valence-corrected chi connectivity index (χ4v) is 3.06. The second-order valence-corrected chi connectivity index (χ2v) is 7.52. The van der Waals surface area contributed by atoms with Gasteiger partial charge in [-0.1, -0.05) is 22.9 Å². The van der Waals surface area contributed by atoms with E-state index in [4.69, 9.17) is 4.74 Å². The van der Waals surface area contributed by atoms with Crippen molar-refractivity contribution in [3.8, 4) is 5.88 Å². The predicted molar refractivity (Wildman–Crippen MR) is 103 cm³/mol. The molecule has 0 saturated heterocycles. The molecule has 8 nitrogen and oxygen atoms in total. The van der Waals surface area contributed by atoms with Crippen molar-refractivity contribution in [3.05, 3.63) is 51.2 Å². The number of hydrogen-bond donors (Lipinski definition) is 1. The summed E-state index contributed by atoms with van der Waals surface area (Å²) in [7, 11) is 0. The summed E-state index contributed by atoms with van der Waals surface area (Å²) >= 11 is 3.39. The quantitative estimate of drug-likeness (QED) is 0.644. The van der Waals surface area contributed by atoms with Gasteiger partial charge in [0.15, 0.2) is 5.82 Å². The van der Waals surface area contributed by atoms with Gasteiger partial charge >= 0.3 is 0 Å². The normalized spacial score (nSPS) is 18.1. The molecule has 1 aliphatic rings. The van der Waals surface area contributed by atoms with Crippen LogP contribution in [0.2, 0.25) is 0 Å². The Kier molecular flexibility index (Phi) is 4.80. The molecule has 1 amide bonds. The van der Waals surface area contributed by atoms with E-state index in [1.54, 1.807) is 18.2 Å². The van der Waals surface area contributed by atoms with Crippen LogP contribution in [-0.2, 0) is 11.3 Å². The molecule has 1 aliphatic carbocycles. The second kappa shape index (κ2) is 7.27. The third-order valence-electron chi connectivity index (χ3n) is 4.35. The lowest BCUT2D eigenvalue weighted by Crippen LogP contribution is -2.30. The minimum absolute atomic E-state index is 0.0436. The first-order valence-corrected chi connectivity index (χ1v) is 9.34. The van der Waals surface area contributed by atoms with Crippen molar-refractivity contribution >= 4 is 38.6 Å². The molecule has 1 aromatic carbocycles. The molecule has 1 saturated carbocycles. The number of amides is 1. The van der Waals surface area contributed by atoms with Crippen LogP contribution in [0.25, 0.3) is 10.8 Å². The summed E-state index contributed by atoms with van der Waals surface area (Å²) in [6.45, 7) is 1.71. The Balaban J connectivity index is 1.65. The molecule has 2 atom stereocenters. The molecule has 4 rings (SSSR count). The van der Waals surface area contributed by atoms with E-state index >= 15 is 0 Å². The number of anilines is 1. The van der Waals surface area contributed by atoms with E-state index in [-0.39, 0.29) is 18.6 Å². The number of ether oxygens (including phenoxy) is 1. The largest absolute Gasteiger partial charge is 0.473 e. The summed E-state index contributed by atoms with van der Waals surface area (Å²) in [6, 6.07) is 5.16. The second-order valence-electron chi connectivity index (χ2n) is 6.60. The van der Waals surface area contributed by atoms with Gasteiger partial charge in [-0.15, -0.1) is 5.10 Å². The first-order valence-electron chi connectivity index (χ1n) is 8.55. The molecule has 28 heavy (non-hydrogen) atoms. The van der Waals surface area contributed by atoms with Crippen LogP contribution in [0, 0.1) is 11.7 Å². The number of hydrogen-bond acceptors (Lipinski definition) is 6. The van der Waals surface area contributed by atoms with E-state index in [0.717, 1.165) is 28.0 Å². The molecule has 1 fully saturated rings. The highest BCUT2D eigenvalue weighted by atomic mass is 79.9. The lowest BCUT2D eigenvalue weighted by atomic mass is 10.2. The Bertz CT molecular complexity index is 1120. The number of halogens is 2. The zero-order chi connectivity index (χ0) is 19.8. The van der Waals surface area contributed by atoms with E-state index in [2.05, 4.69) is 43.2 Å². The molecule has 0 bridgehead atoms. The third kappa shape index (κ3) is 3.86. The molecule has 2 heterocycles. The molecule has 2 aromatic heterocycles. The number of nitrogens with zero attached hydrogens (tertiary/aromatic N) is 4. The molecule has 0 unspecified atom stereocenters. The summed E-state index contributed by atoms with van der Waals surface area (Å²) in [5.41, 5.74) is -0.422. The zero-order valence-corrected chi connectivity index (χ0v) is 16.3. The fourth-order valence-electron chi connectivity index (χ4n) is 2.69. The molecule has 144 valence electrons. The van der Waals surface area contributed by atoms with Crippen molar-refractivity contribution < 1.29 is 13.9 Å². The van der Waals surface area contributed by atoms with Crippen LogP contribution in [0.15, 0.2) is 39.9 Å². The van der Waals surface area contributed by atoms with Crippen LogP contribution in [0.5, 0.6) is 5.88 Å². The topological polar surface area (TPSA) is 99.0 Å². The van der Waals surface area contributed by atoms with Crippen molar-refractivity contribution in [1.82, 2.24) is 19.7 Å². The molecule has 0 aliphatic heterocycles. The highest BCUT2D eigenvalue weighted by molar-refractivity contribution is 9.10. The highest BCUT2D eigenvalue weighted by Gasteiger charge is 2.36. The number of carbonyl (C=O) groups excluding carboxylic acids is 1. The Morgan fingerprint density at radius 1 is 1.36 bits per heavy atom. The van der Waals surface area contributed by atoms with E-state index < -0.39 is 17.3 Å². The van der Waals surface area contributed by atoms with Crippen LogP contribution >= 0.6 is 15.9 Å². The maximum absolute atomic E-state index is 12.9. The summed E-state index contributed by atoms with van der Waals surface area (Å²) in [4.78, 5) is 32.4. The van der Waals surface area contributed by atoms with Crippen molar-refractivity contribution in [1.29, 1.82) is 0 Å². The third-order valence-corrected chi connectivity index (χ3v) is 4.85. The van der Waals surface area contributed by atoms with E-state index in [0.29, 0.717) is 22.6 Å². The Labute approximate surface area is 166 Å². The molecule has 0 radical (unpaired) electrons. The van der Waals surface area contributed by atoms with Gasteiger partial charge in [0.05, 0.1) is 23.2 Å². The smallest absolute Gasteiger partial charge is 0.275 e. The van der Waals surface area contributed by atoms with Gasteiger partial charge in [-0.2, -0.15) is 0 Å². The fraction of sp³-hybridized carbons (Fsp3) is 0.278. The van der Waals surface area contributed by atoms with Crippen molar-refractivity contribution in [2.45, 2.75) is 26.0 Å². The van der Waals surface area contributed by atoms with Gasteiger partial charge in [0.25, 0.3) is 5.56 Å². The zero-order valence-electron chi connectivity index (χ0n) is 14.7. The molecule has 10 heteroatoms. The number of nitrogens with one attached hydrogen (secondary N) is 1. The predicted octanol–water partition coefficient (Wildman–Crippen LogP) is 2.51. The van der Waals surface area contributed by atoms with E-state index in [9.17, 15) is 14.0 Å². The first-order chi connectivity index (χ1) is 13.4. The van der Waals surface area contributed by atoms with Crippen LogP contribution in [0.4, 0.5) is 10.3 Å². The minimum atomic E-state index is -0.618. The summed E-state index contributed by atoms with van der Waals surface area (Å²) in [6.07, 6.45) is 2.83. The van der Waals surface area contributed by atoms with Gasteiger partial charge in [0.2, 0.25) is 17.7 Å². The minimum Gasteiger partial charge on any atom is -0.473 e. The number of aromatic nitrogens is 4. The maximum atomic E-state index is 12.9. The number of rotatable bonds is 5. The van der Waals surface area contributed by atoms with E-state index in [1.807, 2.05) is 0 Å². The van der Waals surface area contributed by atoms with Crippen molar-refractivity contribution in [2.24, 2.45) is 5.92 Å². The van der Waals surface area contributed by atoms with Gasteiger partial charge in [0, 0.05) is 4.47 Å². The number of benzene rings is 1. The summed E-state index contributed by atoms with van der Waals surface area (Å²) in [5, 5.41) is 7.63. The van der Waals surface area contributed by atoms with Crippen LogP contribution in [0.1, 0.15) is 13.3 Å². The Morgan fingerprint density at radius 3 is 2.75 bits per heavy atom. The first kappa shape index (κ1) is 18.5.